The largest absolute Gasteiger partial charge is 0.491 e. The zero-order valence-corrected chi connectivity index (χ0v) is 23.8. The summed E-state index contributed by atoms with van der Waals surface area (Å²) in [6.45, 7) is 8.09. The van der Waals surface area contributed by atoms with Crippen LogP contribution in [0.15, 0.2) is 78.9 Å². The van der Waals surface area contributed by atoms with E-state index in [1.54, 1.807) is 4.57 Å². The van der Waals surface area contributed by atoms with Gasteiger partial charge in [0.2, 0.25) is 0 Å². The number of esters is 2. The molecule has 0 spiro atoms. The summed E-state index contributed by atoms with van der Waals surface area (Å²) in [5.41, 5.74) is 4.00. The summed E-state index contributed by atoms with van der Waals surface area (Å²) in [6, 6.07) is 24.6. The lowest BCUT2D eigenvalue weighted by molar-refractivity contribution is 0.0579. The fourth-order valence-electron chi connectivity index (χ4n) is 4.67. The van der Waals surface area contributed by atoms with Gasteiger partial charge in [-0.1, -0.05) is 54.6 Å². The predicted octanol–water partition coefficient (Wildman–Crippen LogP) is 7.02. The Bertz CT molecular complexity index is 1360. The van der Waals surface area contributed by atoms with Crippen LogP contribution in [-0.2, 0) is 16.0 Å². The fraction of sp³-hybridized carbons (Fsp3) is 0.273. The summed E-state index contributed by atoms with van der Waals surface area (Å²) >= 11 is 0. The van der Waals surface area contributed by atoms with Crippen LogP contribution in [-0.4, -0.2) is 42.9 Å². The summed E-state index contributed by atoms with van der Waals surface area (Å²) in [5.74, 6) is 0.272. The molecule has 208 valence electrons. The minimum absolute atomic E-state index is 0.0106. The van der Waals surface area contributed by atoms with Crippen LogP contribution in [0.1, 0.15) is 54.2 Å². The van der Waals surface area contributed by atoms with Crippen LogP contribution in [0.4, 0.5) is 0 Å². The summed E-state index contributed by atoms with van der Waals surface area (Å²) in [5, 5.41) is 0. The molecule has 4 rings (SSSR count). The molecule has 0 unspecified atom stereocenters. The lowest BCUT2D eigenvalue weighted by Crippen LogP contribution is -2.18. The van der Waals surface area contributed by atoms with E-state index in [0.717, 1.165) is 16.7 Å². The standard InChI is InChI=1S/C33H35NO6/c1-21(2)39-26-16-12-24(13-17-26)28-29(25-14-18-27(19-15-25)40-22(3)4)31(33(36)38-6)34(30(28)32(35)37-5)20-23-10-8-7-9-11-23/h7-19,21-22H,20H2,1-6H3. The monoisotopic (exact) mass is 541 g/mol. The van der Waals surface area contributed by atoms with Crippen LogP contribution < -0.4 is 9.47 Å². The van der Waals surface area contributed by atoms with Gasteiger partial charge in [0.05, 0.1) is 26.4 Å². The lowest BCUT2D eigenvalue weighted by Gasteiger charge is -2.13. The molecule has 0 aliphatic rings. The molecular weight excluding hydrogens is 506 g/mol. The van der Waals surface area contributed by atoms with E-state index < -0.39 is 11.9 Å². The minimum Gasteiger partial charge on any atom is -0.491 e. The Balaban J connectivity index is 2.04. The highest BCUT2D eigenvalue weighted by Crippen LogP contribution is 2.42. The Morgan fingerprint density at radius 1 is 0.625 bits per heavy atom. The molecule has 0 saturated heterocycles. The van der Waals surface area contributed by atoms with E-state index in [1.807, 2.05) is 107 Å². The topological polar surface area (TPSA) is 76.0 Å². The van der Waals surface area contributed by atoms with Crippen molar-refractivity contribution in [2.75, 3.05) is 14.2 Å². The molecule has 0 radical (unpaired) electrons. The van der Waals surface area contributed by atoms with Gasteiger partial charge >= 0.3 is 11.9 Å². The molecule has 0 saturated carbocycles. The van der Waals surface area contributed by atoms with E-state index in [4.69, 9.17) is 18.9 Å². The zero-order valence-electron chi connectivity index (χ0n) is 23.8. The molecule has 40 heavy (non-hydrogen) atoms. The van der Waals surface area contributed by atoms with Gasteiger partial charge < -0.3 is 23.5 Å². The van der Waals surface area contributed by atoms with E-state index in [2.05, 4.69) is 0 Å². The number of rotatable bonds is 10. The molecule has 1 aromatic heterocycles. The Morgan fingerprint density at radius 3 is 1.38 bits per heavy atom. The van der Waals surface area contributed by atoms with Crippen molar-refractivity contribution in [3.8, 4) is 33.8 Å². The molecule has 0 fully saturated rings. The van der Waals surface area contributed by atoms with Crippen LogP contribution in [0.3, 0.4) is 0 Å². The molecule has 4 aromatic rings. The van der Waals surface area contributed by atoms with E-state index in [0.29, 0.717) is 22.6 Å². The number of ether oxygens (including phenoxy) is 4. The summed E-state index contributed by atoms with van der Waals surface area (Å²) in [4.78, 5) is 26.9. The second-order valence-electron chi connectivity index (χ2n) is 9.88. The third-order valence-corrected chi connectivity index (χ3v) is 6.23. The summed E-state index contributed by atoms with van der Waals surface area (Å²) < 4.78 is 23.9. The van der Waals surface area contributed by atoms with E-state index in [1.165, 1.54) is 14.2 Å². The molecular formula is C33H35NO6. The van der Waals surface area contributed by atoms with Crippen LogP contribution >= 0.6 is 0 Å². The van der Waals surface area contributed by atoms with Gasteiger partial charge in [-0.3, -0.25) is 0 Å². The summed E-state index contributed by atoms with van der Waals surface area (Å²) in [6.07, 6.45) is 0.0213. The molecule has 7 heteroatoms. The molecule has 1 heterocycles. The quantitative estimate of drug-likeness (QED) is 0.201. The lowest BCUT2D eigenvalue weighted by atomic mass is 9.94. The zero-order chi connectivity index (χ0) is 28.8. The van der Waals surface area contributed by atoms with Crippen molar-refractivity contribution < 1.29 is 28.5 Å². The van der Waals surface area contributed by atoms with Crippen molar-refractivity contribution in [1.29, 1.82) is 0 Å². The number of nitrogens with zero attached hydrogens (tertiary/aromatic N) is 1. The van der Waals surface area contributed by atoms with Crippen LogP contribution in [0.2, 0.25) is 0 Å². The number of carbonyl (C=O) groups excluding carboxylic acids is 2. The van der Waals surface area contributed by atoms with Crippen LogP contribution in [0.5, 0.6) is 11.5 Å². The Kier molecular flexibility index (Phi) is 8.94. The smallest absolute Gasteiger partial charge is 0.355 e. The van der Waals surface area contributed by atoms with Crippen molar-refractivity contribution in [2.24, 2.45) is 0 Å². The maximum absolute atomic E-state index is 13.5. The third-order valence-electron chi connectivity index (χ3n) is 6.23. The van der Waals surface area contributed by atoms with Crippen LogP contribution in [0, 0.1) is 0 Å². The maximum Gasteiger partial charge on any atom is 0.355 e. The van der Waals surface area contributed by atoms with Crippen molar-refractivity contribution in [3.63, 3.8) is 0 Å². The Labute approximate surface area is 235 Å². The average Bonchev–Trinajstić information content (AvgIpc) is 3.27. The number of hydrogen-bond donors (Lipinski definition) is 0. The third kappa shape index (κ3) is 6.20. The average molecular weight is 542 g/mol. The molecule has 7 nitrogen and oxygen atoms in total. The van der Waals surface area contributed by atoms with E-state index >= 15 is 0 Å². The van der Waals surface area contributed by atoms with Gasteiger partial charge in [0.25, 0.3) is 0 Å². The van der Waals surface area contributed by atoms with E-state index in [-0.39, 0.29) is 30.1 Å². The number of benzene rings is 3. The number of aromatic nitrogens is 1. The number of carbonyl (C=O) groups is 2. The first kappa shape index (κ1) is 28.5. The highest BCUT2D eigenvalue weighted by atomic mass is 16.5. The highest BCUT2D eigenvalue weighted by molar-refractivity contribution is 6.09. The van der Waals surface area contributed by atoms with Gasteiger partial charge in [0, 0.05) is 17.7 Å². The van der Waals surface area contributed by atoms with Gasteiger partial charge in [-0.05, 0) is 68.7 Å². The second-order valence-corrected chi connectivity index (χ2v) is 9.88. The van der Waals surface area contributed by atoms with Crippen LogP contribution in [0.25, 0.3) is 22.3 Å². The molecule has 0 bridgehead atoms. The van der Waals surface area contributed by atoms with E-state index in [9.17, 15) is 9.59 Å². The molecule has 0 aliphatic carbocycles. The molecule has 0 atom stereocenters. The Morgan fingerprint density at radius 2 is 1.02 bits per heavy atom. The second kappa shape index (κ2) is 12.6. The van der Waals surface area contributed by atoms with Gasteiger partial charge in [-0.25, -0.2) is 9.59 Å². The maximum atomic E-state index is 13.5. The number of hydrogen-bond acceptors (Lipinski definition) is 6. The van der Waals surface area contributed by atoms with Gasteiger partial charge in [-0.2, -0.15) is 0 Å². The van der Waals surface area contributed by atoms with Gasteiger partial charge in [0.1, 0.15) is 22.9 Å². The summed E-state index contributed by atoms with van der Waals surface area (Å²) in [7, 11) is 2.67. The Hall–Kier alpha value is -4.52. The predicted molar refractivity (Wildman–Crippen MR) is 155 cm³/mol. The van der Waals surface area contributed by atoms with Crippen molar-refractivity contribution in [2.45, 2.75) is 46.4 Å². The first-order valence-electron chi connectivity index (χ1n) is 13.2. The minimum atomic E-state index is -0.565. The van der Waals surface area contributed by atoms with Gasteiger partial charge in [0.15, 0.2) is 0 Å². The SMILES string of the molecule is COC(=O)c1c(-c2ccc(OC(C)C)cc2)c(-c2ccc(OC(C)C)cc2)c(C(=O)OC)n1Cc1ccccc1. The molecule has 0 amide bonds. The molecule has 0 aliphatic heterocycles. The first-order valence-corrected chi connectivity index (χ1v) is 13.2. The fourth-order valence-corrected chi connectivity index (χ4v) is 4.67. The van der Waals surface area contributed by atoms with Crippen molar-refractivity contribution >= 4 is 11.9 Å². The van der Waals surface area contributed by atoms with Gasteiger partial charge in [-0.15, -0.1) is 0 Å². The van der Waals surface area contributed by atoms with Crippen molar-refractivity contribution in [1.82, 2.24) is 4.57 Å². The van der Waals surface area contributed by atoms with Crippen molar-refractivity contribution in [3.05, 3.63) is 95.8 Å². The first-order chi connectivity index (χ1) is 19.2. The molecule has 0 N–H and O–H groups in total. The number of methoxy groups -OCH3 is 2. The normalized spacial score (nSPS) is 11.0. The molecule has 3 aromatic carbocycles. The highest BCUT2D eigenvalue weighted by Gasteiger charge is 2.33.